The third-order valence-electron chi connectivity index (χ3n) is 3.65. The van der Waals surface area contributed by atoms with Gasteiger partial charge in [0.25, 0.3) is 0 Å². The second kappa shape index (κ2) is 5.89. The molecular formula is C15H16BrN3O. The Hall–Kier alpha value is -1.46. The summed E-state index contributed by atoms with van der Waals surface area (Å²) in [5, 5.41) is 18.0. The van der Waals surface area contributed by atoms with Crippen molar-refractivity contribution in [2.45, 2.75) is 18.9 Å². The summed E-state index contributed by atoms with van der Waals surface area (Å²) in [6, 6.07) is 12.2. The zero-order valence-electron chi connectivity index (χ0n) is 11.0. The lowest BCUT2D eigenvalue weighted by atomic mass is 10.1. The minimum atomic E-state index is 0.176. The SMILES string of the molecule is OCC1CCCN1c1ccc(-c2cccc(Br)c2)nn1. The van der Waals surface area contributed by atoms with Crippen LogP contribution in [0.2, 0.25) is 0 Å². The summed E-state index contributed by atoms with van der Waals surface area (Å²) in [4.78, 5) is 2.14. The van der Waals surface area contributed by atoms with E-state index in [0.29, 0.717) is 0 Å². The Kier molecular flexibility index (Phi) is 3.98. The molecule has 5 heteroatoms. The zero-order chi connectivity index (χ0) is 13.9. The van der Waals surface area contributed by atoms with Gasteiger partial charge in [0.15, 0.2) is 5.82 Å². The van der Waals surface area contributed by atoms with Crippen LogP contribution in [0.25, 0.3) is 11.3 Å². The van der Waals surface area contributed by atoms with Gasteiger partial charge < -0.3 is 10.0 Å². The van der Waals surface area contributed by atoms with Gasteiger partial charge in [-0.15, -0.1) is 10.2 Å². The third kappa shape index (κ3) is 2.69. The topological polar surface area (TPSA) is 49.2 Å². The van der Waals surface area contributed by atoms with Gasteiger partial charge in [-0.2, -0.15) is 0 Å². The molecular weight excluding hydrogens is 318 g/mol. The smallest absolute Gasteiger partial charge is 0.151 e. The largest absolute Gasteiger partial charge is 0.394 e. The van der Waals surface area contributed by atoms with Gasteiger partial charge in [0.2, 0.25) is 0 Å². The Morgan fingerprint density at radius 3 is 2.85 bits per heavy atom. The van der Waals surface area contributed by atoms with Crippen molar-refractivity contribution in [2.75, 3.05) is 18.1 Å². The number of aliphatic hydroxyl groups excluding tert-OH is 1. The summed E-state index contributed by atoms with van der Waals surface area (Å²) in [5.41, 5.74) is 1.90. The van der Waals surface area contributed by atoms with E-state index < -0.39 is 0 Å². The average molecular weight is 334 g/mol. The second-order valence-electron chi connectivity index (χ2n) is 4.96. The van der Waals surface area contributed by atoms with E-state index in [1.54, 1.807) is 0 Å². The minimum absolute atomic E-state index is 0.176. The van der Waals surface area contributed by atoms with Gasteiger partial charge in [-0.1, -0.05) is 28.1 Å². The van der Waals surface area contributed by atoms with Gasteiger partial charge in [-0.05, 0) is 37.1 Å². The Bertz CT molecular complexity index is 588. The minimum Gasteiger partial charge on any atom is -0.394 e. The molecule has 1 fully saturated rings. The molecule has 1 aliphatic heterocycles. The molecule has 1 aliphatic rings. The lowest BCUT2D eigenvalue weighted by molar-refractivity contribution is 0.266. The Morgan fingerprint density at radius 1 is 1.25 bits per heavy atom. The van der Waals surface area contributed by atoms with Crippen molar-refractivity contribution in [1.82, 2.24) is 10.2 Å². The number of benzene rings is 1. The second-order valence-corrected chi connectivity index (χ2v) is 5.87. The van der Waals surface area contributed by atoms with E-state index in [9.17, 15) is 5.11 Å². The zero-order valence-corrected chi connectivity index (χ0v) is 12.6. The molecule has 2 heterocycles. The number of anilines is 1. The van der Waals surface area contributed by atoms with E-state index in [1.807, 2.05) is 36.4 Å². The number of nitrogens with zero attached hydrogens (tertiary/aromatic N) is 3. The van der Waals surface area contributed by atoms with Crippen LogP contribution in [0.3, 0.4) is 0 Å². The first kappa shape index (κ1) is 13.5. The Balaban J connectivity index is 1.84. The van der Waals surface area contributed by atoms with Crippen molar-refractivity contribution in [2.24, 2.45) is 0 Å². The lowest BCUT2D eigenvalue weighted by Gasteiger charge is -2.23. The average Bonchev–Trinajstić information content (AvgIpc) is 2.96. The third-order valence-corrected chi connectivity index (χ3v) is 4.15. The Morgan fingerprint density at radius 2 is 2.15 bits per heavy atom. The molecule has 0 radical (unpaired) electrons. The van der Waals surface area contributed by atoms with E-state index in [-0.39, 0.29) is 12.6 Å². The van der Waals surface area contributed by atoms with E-state index in [2.05, 4.69) is 31.0 Å². The highest BCUT2D eigenvalue weighted by Crippen LogP contribution is 2.25. The van der Waals surface area contributed by atoms with Gasteiger partial charge in [-0.25, -0.2) is 0 Å². The van der Waals surface area contributed by atoms with Crippen LogP contribution in [0.5, 0.6) is 0 Å². The number of aliphatic hydroxyl groups is 1. The maximum atomic E-state index is 9.37. The van der Waals surface area contributed by atoms with E-state index in [4.69, 9.17) is 0 Å². The van der Waals surface area contributed by atoms with Crippen LogP contribution in [0, 0.1) is 0 Å². The molecule has 0 aliphatic carbocycles. The van der Waals surface area contributed by atoms with Crippen molar-refractivity contribution in [3.63, 3.8) is 0 Å². The highest BCUT2D eigenvalue weighted by molar-refractivity contribution is 9.10. The number of hydrogen-bond acceptors (Lipinski definition) is 4. The molecule has 1 unspecified atom stereocenters. The summed E-state index contributed by atoms with van der Waals surface area (Å²) >= 11 is 3.46. The van der Waals surface area contributed by atoms with Crippen molar-refractivity contribution >= 4 is 21.7 Å². The number of aromatic nitrogens is 2. The van der Waals surface area contributed by atoms with Gasteiger partial charge in [-0.3, -0.25) is 0 Å². The van der Waals surface area contributed by atoms with Crippen LogP contribution >= 0.6 is 15.9 Å². The number of hydrogen-bond donors (Lipinski definition) is 1. The fourth-order valence-electron chi connectivity index (χ4n) is 2.61. The predicted molar refractivity (Wildman–Crippen MR) is 82.6 cm³/mol. The maximum absolute atomic E-state index is 9.37. The molecule has 2 aromatic rings. The summed E-state index contributed by atoms with van der Waals surface area (Å²) in [7, 11) is 0. The highest BCUT2D eigenvalue weighted by Gasteiger charge is 2.25. The fourth-order valence-corrected chi connectivity index (χ4v) is 3.01. The van der Waals surface area contributed by atoms with Crippen molar-refractivity contribution in [3.8, 4) is 11.3 Å². The van der Waals surface area contributed by atoms with Gasteiger partial charge in [0, 0.05) is 16.6 Å². The first-order chi connectivity index (χ1) is 9.78. The van der Waals surface area contributed by atoms with Gasteiger partial charge in [0.05, 0.1) is 18.3 Å². The maximum Gasteiger partial charge on any atom is 0.151 e. The van der Waals surface area contributed by atoms with Crippen LogP contribution in [0.4, 0.5) is 5.82 Å². The van der Waals surface area contributed by atoms with Crippen LogP contribution in [0.1, 0.15) is 12.8 Å². The monoisotopic (exact) mass is 333 g/mol. The van der Waals surface area contributed by atoms with Gasteiger partial charge in [0.1, 0.15) is 0 Å². The molecule has 0 saturated carbocycles. The molecule has 1 N–H and O–H groups in total. The molecule has 1 saturated heterocycles. The molecule has 0 amide bonds. The quantitative estimate of drug-likeness (QED) is 0.938. The van der Waals surface area contributed by atoms with Crippen LogP contribution in [0.15, 0.2) is 40.9 Å². The number of halogens is 1. The van der Waals surface area contributed by atoms with Crippen LogP contribution in [-0.4, -0.2) is 34.5 Å². The molecule has 1 aromatic heterocycles. The van der Waals surface area contributed by atoms with E-state index >= 15 is 0 Å². The lowest BCUT2D eigenvalue weighted by Crippen LogP contribution is -2.32. The van der Waals surface area contributed by atoms with Gasteiger partial charge >= 0.3 is 0 Å². The fraction of sp³-hybridized carbons (Fsp3) is 0.333. The normalized spacial score (nSPS) is 18.5. The predicted octanol–water partition coefficient (Wildman–Crippen LogP) is 2.87. The molecule has 0 bridgehead atoms. The summed E-state index contributed by atoms with van der Waals surface area (Å²) in [6.45, 7) is 1.12. The highest BCUT2D eigenvalue weighted by atomic mass is 79.9. The van der Waals surface area contributed by atoms with Crippen molar-refractivity contribution in [3.05, 3.63) is 40.9 Å². The molecule has 4 nitrogen and oxygen atoms in total. The van der Waals surface area contributed by atoms with E-state index in [1.165, 1.54) is 0 Å². The Labute approximate surface area is 126 Å². The molecule has 0 spiro atoms. The molecule has 3 rings (SSSR count). The molecule has 20 heavy (non-hydrogen) atoms. The standard InChI is InChI=1S/C15H16BrN3O/c16-12-4-1-3-11(9-12)14-6-7-15(18-17-14)19-8-2-5-13(19)10-20/h1,3-4,6-7,9,13,20H,2,5,8,10H2. The molecule has 1 aromatic carbocycles. The van der Waals surface area contributed by atoms with E-state index in [0.717, 1.165) is 40.9 Å². The first-order valence-electron chi connectivity index (χ1n) is 6.75. The molecule has 1 atom stereocenters. The summed E-state index contributed by atoms with van der Waals surface area (Å²) in [6.07, 6.45) is 2.12. The molecule has 104 valence electrons. The summed E-state index contributed by atoms with van der Waals surface area (Å²) < 4.78 is 1.03. The van der Waals surface area contributed by atoms with Crippen molar-refractivity contribution < 1.29 is 5.11 Å². The van der Waals surface area contributed by atoms with Crippen LogP contribution < -0.4 is 4.90 Å². The van der Waals surface area contributed by atoms with Crippen LogP contribution in [-0.2, 0) is 0 Å². The number of rotatable bonds is 3. The first-order valence-corrected chi connectivity index (χ1v) is 7.54. The summed E-state index contributed by atoms with van der Waals surface area (Å²) in [5.74, 6) is 0.847. The van der Waals surface area contributed by atoms with Crippen molar-refractivity contribution in [1.29, 1.82) is 0 Å².